The summed E-state index contributed by atoms with van der Waals surface area (Å²) in [4.78, 5) is 26.2. The van der Waals surface area contributed by atoms with E-state index >= 15 is 0 Å². The van der Waals surface area contributed by atoms with E-state index in [0.29, 0.717) is 11.4 Å². The largest absolute Gasteiger partial charge is 0.481 e. The fraction of sp³-hybridized carbons (Fsp3) is 0.550. The first-order valence-corrected chi connectivity index (χ1v) is 9.51. The highest BCUT2D eigenvalue weighted by atomic mass is 32.1. The van der Waals surface area contributed by atoms with E-state index in [-0.39, 0.29) is 30.9 Å². The molecule has 0 amide bonds. The number of hydrogen-bond donors (Lipinski definition) is 0. The Morgan fingerprint density at radius 2 is 1.92 bits per heavy atom. The molecule has 0 fully saturated rings. The van der Waals surface area contributed by atoms with Gasteiger partial charge >= 0.3 is 11.9 Å². The Morgan fingerprint density at radius 1 is 1.23 bits per heavy atom. The second-order valence-corrected chi connectivity index (χ2v) is 7.57. The summed E-state index contributed by atoms with van der Waals surface area (Å²) in [5, 5.41) is 0. The van der Waals surface area contributed by atoms with Crippen LogP contribution in [0.4, 0.5) is 5.69 Å². The van der Waals surface area contributed by atoms with Crippen molar-refractivity contribution in [3.8, 4) is 5.75 Å². The van der Waals surface area contributed by atoms with Gasteiger partial charge in [0, 0.05) is 6.42 Å². The third kappa shape index (κ3) is 4.41. The van der Waals surface area contributed by atoms with Crippen LogP contribution in [-0.4, -0.2) is 29.6 Å². The van der Waals surface area contributed by atoms with Crippen LogP contribution >= 0.6 is 12.2 Å². The number of carbonyl (C=O) groups excluding carboxylic acids is 2. The first-order chi connectivity index (χ1) is 12.3. The van der Waals surface area contributed by atoms with Gasteiger partial charge in [-0.2, -0.15) is 0 Å². The number of anilines is 1. The highest BCUT2D eigenvalue weighted by Gasteiger charge is 2.36. The number of hydrogen-bond acceptors (Lipinski definition) is 5. The van der Waals surface area contributed by atoms with Crippen molar-refractivity contribution in [3.05, 3.63) is 23.8 Å². The predicted octanol–water partition coefficient (Wildman–Crippen LogP) is 4.23. The summed E-state index contributed by atoms with van der Waals surface area (Å²) in [5.74, 6) is 0.0623. The zero-order valence-corrected chi connectivity index (χ0v) is 16.9. The molecule has 0 N–H and O–H groups in total. The van der Waals surface area contributed by atoms with E-state index in [1.54, 1.807) is 4.90 Å². The van der Waals surface area contributed by atoms with E-state index in [2.05, 4.69) is 13.8 Å². The average Bonchev–Trinajstić information content (AvgIpc) is 2.56. The van der Waals surface area contributed by atoms with E-state index in [0.717, 1.165) is 17.0 Å². The van der Waals surface area contributed by atoms with Gasteiger partial charge in [-0.25, -0.2) is 4.79 Å². The van der Waals surface area contributed by atoms with Crippen LogP contribution in [0.3, 0.4) is 0 Å². The fourth-order valence-electron chi connectivity index (χ4n) is 2.92. The molecule has 142 valence electrons. The molecule has 1 aliphatic rings. The van der Waals surface area contributed by atoms with Gasteiger partial charge in [-0.15, -0.1) is 0 Å². The number of benzene rings is 1. The molecule has 1 heterocycles. The monoisotopic (exact) mass is 377 g/mol. The van der Waals surface area contributed by atoms with Crippen LogP contribution in [0.25, 0.3) is 0 Å². The van der Waals surface area contributed by atoms with Crippen molar-refractivity contribution in [2.45, 2.75) is 59.5 Å². The van der Waals surface area contributed by atoms with E-state index in [1.165, 1.54) is 0 Å². The second kappa shape index (κ2) is 8.62. The maximum Gasteiger partial charge on any atom is 0.333 e. The summed E-state index contributed by atoms with van der Waals surface area (Å²) in [5.41, 5.74) is 1.81. The summed E-state index contributed by atoms with van der Waals surface area (Å²) in [6, 6.07) is 5.83. The van der Waals surface area contributed by atoms with Gasteiger partial charge in [0.25, 0.3) is 0 Å². The maximum absolute atomic E-state index is 12.3. The molecule has 1 unspecified atom stereocenters. The molecule has 1 aromatic rings. The molecule has 6 heteroatoms. The minimum atomic E-state index is -0.601. The van der Waals surface area contributed by atoms with E-state index in [1.807, 2.05) is 39.0 Å². The Labute approximate surface area is 160 Å². The summed E-state index contributed by atoms with van der Waals surface area (Å²) in [7, 11) is 0. The molecule has 2 rings (SSSR count). The molecule has 0 aromatic heterocycles. The molecule has 1 atom stereocenters. The maximum atomic E-state index is 12.3. The first kappa shape index (κ1) is 20.4. The lowest BCUT2D eigenvalue weighted by atomic mass is 9.97. The van der Waals surface area contributed by atoms with Crippen molar-refractivity contribution in [1.29, 1.82) is 0 Å². The molecule has 1 aliphatic heterocycles. The molecule has 0 aliphatic carbocycles. The van der Waals surface area contributed by atoms with Gasteiger partial charge in [-0.05, 0) is 29.9 Å². The quantitative estimate of drug-likeness (QED) is 0.420. The average molecular weight is 378 g/mol. The molecule has 26 heavy (non-hydrogen) atoms. The molecule has 0 radical (unpaired) electrons. The molecule has 0 bridgehead atoms. The van der Waals surface area contributed by atoms with Crippen molar-refractivity contribution >= 4 is 34.8 Å². The lowest BCUT2D eigenvalue weighted by Gasteiger charge is -2.39. The number of fused-ring (bicyclic) bond motifs is 1. The SMILES string of the molecule is CCCC(=O)OC(=O)CN1C(=S)C(C(C)C)Oc2c(C(C)C)cccc21. The van der Waals surface area contributed by atoms with Crippen molar-refractivity contribution in [3.63, 3.8) is 0 Å². The summed E-state index contributed by atoms with van der Waals surface area (Å²) < 4.78 is 11.1. The van der Waals surface area contributed by atoms with Crippen molar-refractivity contribution < 1.29 is 19.1 Å². The normalized spacial score (nSPS) is 16.5. The number of esters is 2. The summed E-state index contributed by atoms with van der Waals surface area (Å²) in [6.07, 6.45) is 0.552. The third-order valence-electron chi connectivity index (χ3n) is 4.27. The minimum absolute atomic E-state index is 0.102. The Balaban J connectivity index is 2.35. The Hall–Kier alpha value is -1.95. The van der Waals surface area contributed by atoms with Crippen molar-refractivity contribution in [2.24, 2.45) is 5.92 Å². The zero-order chi connectivity index (χ0) is 19.4. The van der Waals surface area contributed by atoms with Crippen LogP contribution in [0.2, 0.25) is 0 Å². The highest BCUT2D eigenvalue weighted by molar-refractivity contribution is 7.80. The van der Waals surface area contributed by atoms with E-state index in [9.17, 15) is 9.59 Å². The molecule has 0 spiro atoms. The molecular weight excluding hydrogens is 350 g/mol. The molecule has 0 saturated carbocycles. The molecule has 0 saturated heterocycles. The summed E-state index contributed by atoms with van der Waals surface area (Å²) in [6.45, 7) is 10.0. The highest BCUT2D eigenvalue weighted by Crippen LogP contribution is 2.41. The van der Waals surface area contributed by atoms with Crippen LogP contribution in [0.15, 0.2) is 18.2 Å². The van der Waals surface area contributed by atoms with Gasteiger partial charge in [-0.3, -0.25) is 4.79 Å². The van der Waals surface area contributed by atoms with Crippen LogP contribution < -0.4 is 9.64 Å². The smallest absolute Gasteiger partial charge is 0.333 e. The van der Waals surface area contributed by atoms with Gasteiger partial charge in [0.05, 0.1) is 5.69 Å². The lowest BCUT2D eigenvalue weighted by Crippen LogP contribution is -2.49. The van der Waals surface area contributed by atoms with Gasteiger partial charge in [-0.1, -0.05) is 59.0 Å². The number of thiocarbonyl (C=S) groups is 1. The lowest BCUT2D eigenvalue weighted by molar-refractivity contribution is -0.158. The van der Waals surface area contributed by atoms with Gasteiger partial charge < -0.3 is 14.4 Å². The number of nitrogens with zero attached hydrogens (tertiary/aromatic N) is 1. The van der Waals surface area contributed by atoms with Crippen molar-refractivity contribution in [1.82, 2.24) is 0 Å². The zero-order valence-electron chi connectivity index (χ0n) is 16.1. The number of para-hydroxylation sites is 1. The van der Waals surface area contributed by atoms with Crippen LogP contribution in [0, 0.1) is 5.92 Å². The Bertz CT molecular complexity index is 699. The fourth-order valence-corrected chi connectivity index (χ4v) is 3.40. The Morgan fingerprint density at radius 3 is 2.50 bits per heavy atom. The second-order valence-electron chi connectivity index (χ2n) is 7.15. The van der Waals surface area contributed by atoms with E-state index in [4.69, 9.17) is 21.7 Å². The number of rotatable bonds is 6. The molecule has 5 nitrogen and oxygen atoms in total. The van der Waals surface area contributed by atoms with Crippen molar-refractivity contribution in [2.75, 3.05) is 11.4 Å². The number of carbonyl (C=O) groups is 2. The van der Waals surface area contributed by atoms with Gasteiger partial charge in [0.2, 0.25) is 0 Å². The minimum Gasteiger partial charge on any atom is -0.481 e. The molecule has 1 aromatic carbocycles. The topological polar surface area (TPSA) is 55.8 Å². The van der Waals surface area contributed by atoms with Crippen LogP contribution in [-0.2, 0) is 14.3 Å². The third-order valence-corrected chi connectivity index (χ3v) is 4.72. The first-order valence-electron chi connectivity index (χ1n) is 9.10. The van der Waals surface area contributed by atoms with Gasteiger partial charge in [0.1, 0.15) is 17.3 Å². The van der Waals surface area contributed by atoms with Crippen LogP contribution in [0.1, 0.15) is 58.9 Å². The standard InChI is InChI=1S/C20H27NO4S/c1-6-8-16(22)24-17(23)11-21-15-10-7-9-14(12(2)3)19(15)25-18(13(4)5)20(21)26/h7,9-10,12-13,18H,6,8,11H2,1-5H3. The van der Waals surface area contributed by atoms with Gasteiger partial charge in [0.15, 0.2) is 6.10 Å². The van der Waals surface area contributed by atoms with E-state index < -0.39 is 11.9 Å². The van der Waals surface area contributed by atoms with Crippen LogP contribution in [0.5, 0.6) is 5.75 Å². The molecular formula is C20H27NO4S. The number of ether oxygens (including phenoxy) is 2. The Kier molecular flexibility index (Phi) is 6.75. The predicted molar refractivity (Wildman–Crippen MR) is 106 cm³/mol. The summed E-state index contributed by atoms with van der Waals surface area (Å²) >= 11 is 5.60.